The average molecular weight is 480 g/mol. The number of hydrogen-bond donors (Lipinski definition) is 2. The van der Waals surface area contributed by atoms with Crippen LogP contribution in [-0.4, -0.2) is 61.1 Å². The minimum absolute atomic E-state index is 0.0347. The van der Waals surface area contributed by atoms with Crippen LogP contribution in [0.4, 0.5) is 5.69 Å². The molecule has 0 radical (unpaired) electrons. The van der Waals surface area contributed by atoms with Gasteiger partial charge in [0.25, 0.3) is 5.91 Å². The maximum Gasteiger partial charge on any atom is 0.257 e. The number of hydrogen-bond acceptors (Lipinski definition) is 5. The lowest BCUT2D eigenvalue weighted by molar-refractivity contribution is -0.134. The molecule has 1 fully saturated rings. The van der Waals surface area contributed by atoms with Crippen LogP contribution in [0.15, 0.2) is 48.5 Å². The normalized spacial score (nSPS) is 21.6. The molecule has 2 N–H and O–H groups in total. The molecule has 35 heavy (non-hydrogen) atoms. The van der Waals surface area contributed by atoms with Gasteiger partial charge >= 0.3 is 0 Å². The summed E-state index contributed by atoms with van der Waals surface area (Å²) >= 11 is 0. The molecule has 0 spiro atoms. The number of nitrogens with zero attached hydrogens (tertiary/aromatic N) is 1. The summed E-state index contributed by atoms with van der Waals surface area (Å²) in [6.45, 7) is 2.64. The highest BCUT2D eigenvalue weighted by Gasteiger charge is 2.39. The van der Waals surface area contributed by atoms with Crippen molar-refractivity contribution in [3.63, 3.8) is 0 Å². The van der Waals surface area contributed by atoms with Gasteiger partial charge in [0.1, 0.15) is 18.5 Å². The van der Waals surface area contributed by atoms with Crippen molar-refractivity contribution >= 4 is 23.4 Å². The summed E-state index contributed by atoms with van der Waals surface area (Å²) in [5.74, 6) is 0.128. The van der Waals surface area contributed by atoms with Crippen LogP contribution in [-0.2, 0) is 20.7 Å². The van der Waals surface area contributed by atoms with Gasteiger partial charge in [-0.05, 0) is 43.0 Å². The van der Waals surface area contributed by atoms with Crippen LogP contribution < -0.4 is 15.4 Å². The molecule has 1 saturated heterocycles. The molecule has 2 aliphatic rings. The van der Waals surface area contributed by atoms with Crippen LogP contribution in [0.1, 0.15) is 48.5 Å². The fourth-order valence-corrected chi connectivity index (χ4v) is 4.62. The van der Waals surface area contributed by atoms with Crippen molar-refractivity contribution in [2.45, 2.75) is 57.3 Å². The van der Waals surface area contributed by atoms with Gasteiger partial charge in [-0.25, -0.2) is 0 Å². The molecule has 0 bridgehead atoms. The predicted molar refractivity (Wildman–Crippen MR) is 132 cm³/mol. The van der Waals surface area contributed by atoms with E-state index in [-0.39, 0.29) is 49.0 Å². The zero-order valence-corrected chi connectivity index (χ0v) is 20.3. The third kappa shape index (κ3) is 6.19. The number of carbonyl (C=O) groups excluding carboxylic acids is 3. The molecule has 186 valence electrons. The third-order valence-corrected chi connectivity index (χ3v) is 6.61. The monoisotopic (exact) mass is 479 g/mol. The number of carbonyl (C=O) groups is 3. The summed E-state index contributed by atoms with van der Waals surface area (Å²) < 4.78 is 12.2. The summed E-state index contributed by atoms with van der Waals surface area (Å²) in [5.41, 5.74) is 2.17. The van der Waals surface area contributed by atoms with Gasteiger partial charge in [0, 0.05) is 25.7 Å². The Labute approximate surface area is 206 Å². The molecule has 8 nitrogen and oxygen atoms in total. The van der Waals surface area contributed by atoms with E-state index >= 15 is 0 Å². The fraction of sp³-hybridized carbons (Fsp3) is 0.444. The van der Waals surface area contributed by atoms with Gasteiger partial charge in [0.2, 0.25) is 11.8 Å². The smallest absolute Gasteiger partial charge is 0.257 e. The molecule has 8 heteroatoms. The standard InChI is InChI=1S/C27H33N3O5/c1-3-25(31)29-19-9-12-23-21(15-19)27(33)30(2)22-11-10-20(35-24(22)17-34-23)16-26(32)28-14-13-18-7-5-4-6-8-18/h4-9,12,15,20,22,24H,3,10-11,13-14,16-17H2,1-2H3,(H,28,32)(H,29,31)/t20-,22-,24+/m1/s1. The quantitative estimate of drug-likeness (QED) is 0.636. The van der Waals surface area contributed by atoms with Gasteiger partial charge in [-0.15, -0.1) is 0 Å². The Balaban J connectivity index is 1.35. The number of anilines is 1. The number of rotatable bonds is 7. The molecule has 2 aromatic carbocycles. The van der Waals surface area contributed by atoms with Crippen molar-refractivity contribution < 1.29 is 23.9 Å². The van der Waals surface area contributed by atoms with E-state index in [0.29, 0.717) is 36.4 Å². The van der Waals surface area contributed by atoms with Gasteiger partial charge in [0.15, 0.2) is 0 Å². The van der Waals surface area contributed by atoms with E-state index in [2.05, 4.69) is 10.6 Å². The van der Waals surface area contributed by atoms with E-state index in [1.54, 1.807) is 37.1 Å². The summed E-state index contributed by atoms with van der Waals surface area (Å²) in [7, 11) is 1.77. The molecule has 0 saturated carbocycles. The molecule has 0 unspecified atom stereocenters. The Kier molecular flexibility index (Phi) is 8.02. The first-order chi connectivity index (χ1) is 16.9. The molecular formula is C27H33N3O5. The second-order valence-corrected chi connectivity index (χ2v) is 9.07. The SMILES string of the molecule is CCC(=O)Nc1ccc2c(c1)C(=O)N(C)[C@@H]1CC[C@H](CC(=O)NCCc3ccccc3)O[C@H]1CO2. The second kappa shape index (κ2) is 11.4. The number of nitrogens with one attached hydrogen (secondary N) is 2. The highest BCUT2D eigenvalue weighted by atomic mass is 16.5. The largest absolute Gasteiger partial charge is 0.490 e. The van der Waals surface area contributed by atoms with E-state index in [1.165, 1.54) is 5.56 Å². The van der Waals surface area contributed by atoms with E-state index in [4.69, 9.17) is 9.47 Å². The van der Waals surface area contributed by atoms with Crippen LogP contribution in [0.2, 0.25) is 0 Å². The third-order valence-electron chi connectivity index (χ3n) is 6.61. The highest BCUT2D eigenvalue weighted by Crippen LogP contribution is 2.32. The van der Waals surface area contributed by atoms with Crippen molar-refractivity contribution in [2.75, 3.05) is 25.5 Å². The Hall–Kier alpha value is -3.39. The van der Waals surface area contributed by atoms with E-state index in [1.807, 2.05) is 30.3 Å². The number of ether oxygens (including phenoxy) is 2. The highest BCUT2D eigenvalue weighted by molar-refractivity contribution is 5.99. The summed E-state index contributed by atoms with van der Waals surface area (Å²) in [5, 5.41) is 5.77. The fourth-order valence-electron chi connectivity index (χ4n) is 4.62. The summed E-state index contributed by atoms with van der Waals surface area (Å²) in [6, 6.07) is 15.0. The minimum Gasteiger partial charge on any atom is -0.490 e. The molecule has 0 aromatic heterocycles. The first-order valence-corrected chi connectivity index (χ1v) is 12.2. The van der Waals surface area contributed by atoms with Gasteiger partial charge < -0.3 is 25.0 Å². The van der Waals surface area contributed by atoms with Crippen molar-refractivity contribution in [3.05, 3.63) is 59.7 Å². The maximum atomic E-state index is 13.3. The molecule has 4 rings (SSSR count). The molecule has 2 heterocycles. The van der Waals surface area contributed by atoms with Crippen molar-refractivity contribution in [3.8, 4) is 5.75 Å². The summed E-state index contributed by atoms with van der Waals surface area (Å²) in [6.07, 6.45) is 2.29. The van der Waals surface area contributed by atoms with E-state index in [9.17, 15) is 14.4 Å². The second-order valence-electron chi connectivity index (χ2n) is 9.07. The van der Waals surface area contributed by atoms with Crippen LogP contribution in [0.3, 0.4) is 0 Å². The predicted octanol–water partition coefficient (Wildman–Crippen LogP) is 3.16. The Bertz CT molecular complexity index is 1060. The Morgan fingerprint density at radius 1 is 1.09 bits per heavy atom. The zero-order valence-electron chi connectivity index (χ0n) is 20.3. The number of benzene rings is 2. The van der Waals surface area contributed by atoms with Gasteiger partial charge in [-0.1, -0.05) is 37.3 Å². The van der Waals surface area contributed by atoms with Crippen molar-refractivity contribution in [2.24, 2.45) is 0 Å². The zero-order chi connectivity index (χ0) is 24.8. The van der Waals surface area contributed by atoms with Crippen molar-refractivity contribution in [1.82, 2.24) is 10.2 Å². The van der Waals surface area contributed by atoms with Crippen molar-refractivity contribution in [1.29, 1.82) is 0 Å². The molecule has 2 aliphatic heterocycles. The number of amides is 3. The van der Waals surface area contributed by atoms with Crippen LogP contribution >= 0.6 is 0 Å². The average Bonchev–Trinajstić information content (AvgIpc) is 2.87. The molecule has 3 atom stereocenters. The first kappa shape index (κ1) is 24.7. The van der Waals surface area contributed by atoms with E-state index in [0.717, 1.165) is 12.8 Å². The lowest BCUT2D eigenvalue weighted by Gasteiger charge is -2.42. The number of fused-ring (bicyclic) bond motifs is 2. The van der Waals surface area contributed by atoms with Crippen LogP contribution in [0.5, 0.6) is 5.75 Å². The van der Waals surface area contributed by atoms with Crippen LogP contribution in [0.25, 0.3) is 0 Å². The number of likely N-dealkylation sites (N-methyl/N-ethyl adjacent to an activating group) is 1. The molecule has 0 aliphatic carbocycles. The van der Waals surface area contributed by atoms with E-state index < -0.39 is 0 Å². The maximum absolute atomic E-state index is 13.3. The van der Waals surface area contributed by atoms with Crippen LogP contribution in [0, 0.1) is 0 Å². The minimum atomic E-state index is -0.326. The molecule has 3 amide bonds. The lowest BCUT2D eigenvalue weighted by Crippen LogP contribution is -2.54. The summed E-state index contributed by atoms with van der Waals surface area (Å²) in [4.78, 5) is 39.2. The molecular weight excluding hydrogens is 446 g/mol. The van der Waals surface area contributed by atoms with Gasteiger partial charge in [-0.2, -0.15) is 0 Å². The Morgan fingerprint density at radius 2 is 1.89 bits per heavy atom. The van der Waals surface area contributed by atoms with Gasteiger partial charge in [-0.3, -0.25) is 14.4 Å². The first-order valence-electron chi connectivity index (χ1n) is 12.2. The topological polar surface area (TPSA) is 97.0 Å². The molecule has 2 aromatic rings. The van der Waals surface area contributed by atoms with Gasteiger partial charge in [0.05, 0.1) is 24.1 Å². The lowest BCUT2D eigenvalue weighted by atomic mass is 9.94. The Morgan fingerprint density at radius 3 is 2.66 bits per heavy atom.